The number of nitrogens with one attached hydrogen (secondary N) is 1. The molecule has 0 aliphatic heterocycles. The van der Waals surface area contributed by atoms with E-state index in [-0.39, 0.29) is 11.7 Å². The lowest BCUT2D eigenvalue weighted by Gasteiger charge is -2.29. The fourth-order valence-electron chi connectivity index (χ4n) is 2.74. The Labute approximate surface area is 116 Å². The molecule has 1 aliphatic rings. The van der Waals surface area contributed by atoms with Crippen LogP contribution in [-0.2, 0) is 6.18 Å². The zero-order valence-electron chi connectivity index (χ0n) is 11.5. The highest BCUT2D eigenvalue weighted by molar-refractivity contribution is 5.65. The van der Waals surface area contributed by atoms with Crippen molar-refractivity contribution in [2.75, 3.05) is 11.1 Å². The van der Waals surface area contributed by atoms with Gasteiger partial charge in [0.2, 0.25) is 0 Å². The van der Waals surface area contributed by atoms with Gasteiger partial charge in [-0.3, -0.25) is 0 Å². The van der Waals surface area contributed by atoms with E-state index < -0.39 is 11.9 Å². The molecular weight excluding hydrogens is 267 g/mol. The molecule has 0 amide bonds. The molecule has 112 valence electrons. The number of aromatic nitrogens is 1. The molecule has 1 aromatic rings. The van der Waals surface area contributed by atoms with Gasteiger partial charge in [-0.1, -0.05) is 19.3 Å². The molecular formula is C14H20F3N3. The van der Waals surface area contributed by atoms with Crippen LogP contribution in [0.3, 0.4) is 0 Å². The van der Waals surface area contributed by atoms with Crippen molar-refractivity contribution in [2.24, 2.45) is 5.92 Å². The topological polar surface area (TPSA) is 50.9 Å². The number of hydrogen-bond acceptors (Lipinski definition) is 3. The van der Waals surface area contributed by atoms with Crippen molar-refractivity contribution in [3.8, 4) is 0 Å². The molecule has 0 radical (unpaired) electrons. The summed E-state index contributed by atoms with van der Waals surface area (Å²) in [7, 11) is 0. The molecule has 3 N–H and O–H groups in total. The Bertz CT molecular complexity index is 453. The molecule has 1 fully saturated rings. The van der Waals surface area contributed by atoms with E-state index in [1.54, 1.807) is 0 Å². The van der Waals surface area contributed by atoms with E-state index in [0.29, 0.717) is 11.6 Å². The van der Waals surface area contributed by atoms with Gasteiger partial charge in [-0.15, -0.1) is 0 Å². The van der Waals surface area contributed by atoms with Gasteiger partial charge in [0.25, 0.3) is 0 Å². The monoisotopic (exact) mass is 287 g/mol. The standard InChI is InChI=1S/C14H20F3N3/c1-9(10-5-3-2-4-6-10)20-12-7-13(14(15,16)17)19-8-11(12)18/h7-10H,2-6,18H2,1H3,(H,19,20). The van der Waals surface area contributed by atoms with Crippen molar-refractivity contribution in [2.45, 2.75) is 51.2 Å². The molecule has 0 aromatic carbocycles. The molecule has 1 aliphatic carbocycles. The number of nitrogen functional groups attached to an aromatic ring is 1. The van der Waals surface area contributed by atoms with Gasteiger partial charge in [-0.2, -0.15) is 13.2 Å². The number of nitrogens with two attached hydrogens (primary N) is 1. The number of nitrogens with zero attached hydrogens (tertiary/aromatic N) is 1. The summed E-state index contributed by atoms with van der Waals surface area (Å²) in [6, 6.07) is 1.11. The lowest BCUT2D eigenvalue weighted by molar-refractivity contribution is -0.141. The van der Waals surface area contributed by atoms with Crippen LogP contribution in [0.5, 0.6) is 0 Å². The van der Waals surface area contributed by atoms with Crippen LogP contribution in [0.4, 0.5) is 24.5 Å². The third kappa shape index (κ3) is 3.55. The number of rotatable bonds is 3. The highest BCUT2D eigenvalue weighted by atomic mass is 19.4. The first-order valence-electron chi connectivity index (χ1n) is 6.97. The first-order chi connectivity index (χ1) is 9.38. The fraction of sp³-hybridized carbons (Fsp3) is 0.643. The van der Waals surface area contributed by atoms with Crippen molar-refractivity contribution >= 4 is 11.4 Å². The van der Waals surface area contributed by atoms with Crippen molar-refractivity contribution in [1.29, 1.82) is 0 Å². The Balaban J connectivity index is 2.11. The molecule has 0 bridgehead atoms. The minimum absolute atomic E-state index is 0.112. The van der Waals surface area contributed by atoms with E-state index in [2.05, 4.69) is 10.3 Å². The van der Waals surface area contributed by atoms with Crippen molar-refractivity contribution in [1.82, 2.24) is 4.98 Å². The smallest absolute Gasteiger partial charge is 0.396 e. The van der Waals surface area contributed by atoms with Crippen LogP contribution < -0.4 is 11.1 Å². The molecule has 20 heavy (non-hydrogen) atoms. The third-order valence-corrected chi connectivity index (χ3v) is 3.97. The Morgan fingerprint density at radius 2 is 1.95 bits per heavy atom. The van der Waals surface area contributed by atoms with Crippen LogP contribution in [0.25, 0.3) is 0 Å². The van der Waals surface area contributed by atoms with Crippen LogP contribution in [0.15, 0.2) is 12.3 Å². The van der Waals surface area contributed by atoms with Crippen LogP contribution >= 0.6 is 0 Å². The molecule has 1 aromatic heterocycles. The number of anilines is 2. The van der Waals surface area contributed by atoms with Crippen LogP contribution in [0.2, 0.25) is 0 Å². The summed E-state index contributed by atoms with van der Waals surface area (Å²) < 4.78 is 38.0. The Morgan fingerprint density at radius 1 is 1.30 bits per heavy atom. The SMILES string of the molecule is CC(Nc1cc(C(F)(F)F)ncc1N)C1CCCCC1. The molecule has 0 saturated heterocycles. The van der Waals surface area contributed by atoms with Gasteiger partial charge in [0, 0.05) is 6.04 Å². The highest BCUT2D eigenvalue weighted by Gasteiger charge is 2.33. The lowest BCUT2D eigenvalue weighted by Crippen LogP contribution is -2.28. The third-order valence-electron chi connectivity index (χ3n) is 3.97. The van der Waals surface area contributed by atoms with Gasteiger partial charge < -0.3 is 11.1 Å². The first-order valence-corrected chi connectivity index (χ1v) is 6.97. The van der Waals surface area contributed by atoms with Crippen LogP contribution in [0.1, 0.15) is 44.7 Å². The van der Waals surface area contributed by atoms with Crippen LogP contribution in [0, 0.1) is 5.92 Å². The number of alkyl halides is 3. The number of pyridine rings is 1. The maximum Gasteiger partial charge on any atom is 0.433 e. The highest BCUT2D eigenvalue weighted by Crippen LogP contribution is 2.33. The Kier molecular flexibility index (Phi) is 4.40. The average Bonchev–Trinajstić information content (AvgIpc) is 2.41. The van der Waals surface area contributed by atoms with E-state index in [1.807, 2.05) is 6.92 Å². The second-order valence-electron chi connectivity index (χ2n) is 5.49. The van der Waals surface area contributed by atoms with E-state index in [1.165, 1.54) is 19.3 Å². The second-order valence-corrected chi connectivity index (χ2v) is 5.49. The number of hydrogen-bond donors (Lipinski definition) is 2. The molecule has 2 rings (SSSR count). The molecule has 1 atom stereocenters. The zero-order chi connectivity index (χ0) is 14.8. The zero-order valence-corrected chi connectivity index (χ0v) is 11.5. The Hall–Kier alpha value is -1.46. The normalized spacial score (nSPS) is 18.8. The molecule has 1 saturated carbocycles. The fourth-order valence-corrected chi connectivity index (χ4v) is 2.74. The summed E-state index contributed by atoms with van der Waals surface area (Å²) >= 11 is 0. The quantitative estimate of drug-likeness (QED) is 0.881. The summed E-state index contributed by atoms with van der Waals surface area (Å²) in [6.45, 7) is 2.00. The van der Waals surface area contributed by atoms with Crippen molar-refractivity contribution < 1.29 is 13.2 Å². The minimum Gasteiger partial charge on any atom is -0.396 e. The van der Waals surface area contributed by atoms with Gasteiger partial charge in [-0.25, -0.2) is 4.98 Å². The maximum absolute atomic E-state index is 12.7. The Morgan fingerprint density at radius 3 is 2.55 bits per heavy atom. The predicted molar refractivity (Wildman–Crippen MR) is 73.3 cm³/mol. The summed E-state index contributed by atoms with van der Waals surface area (Å²) in [5.74, 6) is 0.491. The summed E-state index contributed by atoms with van der Waals surface area (Å²) in [5.41, 5.74) is 5.38. The largest absolute Gasteiger partial charge is 0.433 e. The predicted octanol–water partition coefficient (Wildman–Crippen LogP) is 4.06. The molecule has 1 heterocycles. The van der Waals surface area contributed by atoms with Gasteiger partial charge in [0.1, 0.15) is 5.69 Å². The van der Waals surface area contributed by atoms with Crippen molar-refractivity contribution in [3.05, 3.63) is 18.0 Å². The van der Waals surface area contributed by atoms with E-state index in [9.17, 15) is 13.2 Å². The van der Waals surface area contributed by atoms with Gasteiger partial charge in [-0.05, 0) is 31.7 Å². The van der Waals surface area contributed by atoms with Gasteiger partial charge in [0.05, 0.1) is 17.6 Å². The van der Waals surface area contributed by atoms with E-state index in [4.69, 9.17) is 5.73 Å². The van der Waals surface area contributed by atoms with Crippen LogP contribution in [-0.4, -0.2) is 11.0 Å². The number of halogens is 3. The second kappa shape index (κ2) is 5.89. The molecule has 1 unspecified atom stereocenters. The molecule has 6 heteroatoms. The van der Waals surface area contributed by atoms with Crippen molar-refractivity contribution in [3.63, 3.8) is 0 Å². The first kappa shape index (κ1) is 14.9. The van der Waals surface area contributed by atoms with Gasteiger partial charge in [0.15, 0.2) is 0 Å². The summed E-state index contributed by atoms with van der Waals surface area (Å²) in [6.07, 6.45) is 2.49. The van der Waals surface area contributed by atoms with E-state index in [0.717, 1.165) is 25.1 Å². The minimum atomic E-state index is -4.45. The molecule has 3 nitrogen and oxygen atoms in total. The summed E-state index contributed by atoms with van der Waals surface area (Å²) in [5, 5.41) is 3.13. The summed E-state index contributed by atoms with van der Waals surface area (Å²) in [4.78, 5) is 3.34. The maximum atomic E-state index is 12.7. The van der Waals surface area contributed by atoms with E-state index >= 15 is 0 Å². The molecule has 0 spiro atoms. The lowest BCUT2D eigenvalue weighted by atomic mass is 9.84. The average molecular weight is 287 g/mol. The van der Waals surface area contributed by atoms with Gasteiger partial charge >= 0.3 is 6.18 Å².